The molecule has 3 N–H and O–H groups in total. The van der Waals surface area contributed by atoms with Gasteiger partial charge >= 0.3 is 0 Å². The minimum atomic E-state index is -3.85. The van der Waals surface area contributed by atoms with E-state index in [0.717, 1.165) is 0 Å². The normalized spacial score (nSPS) is 14.4. The highest BCUT2D eigenvalue weighted by atomic mass is 35.5. The van der Waals surface area contributed by atoms with Gasteiger partial charge in [0.25, 0.3) is 5.91 Å². The van der Waals surface area contributed by atoms with E-state index in [9.17, 15) is 17.6 Å². The maximum absolute atomic E-state index is 13.5. The summed E-state index contributed by atoms with van der Waals surface area (Å²) in [7, 11) is -3.85. The number of carbonyl (C=O) groups is 1. The zero-order chi connectivity index (χ0) is 26.9. The van der Waals surface area contributed by atoms with Gasteiger partial charge < -0.3 is 10.2 Å². The van der Waals surface area contributed by atoms with Crippen molar-refractivity contribution < 1.29 is 22.8 Å². The Kier molecular flexibility index (Phi) is 7.03. The van der Waals surface area contributed by atoms with E-state index >= 15 is 0 Å². The number of halogens is 2. The van der Waals surface area contributed by atoms with E-state index < -0.39 is 21.7 Å². The predicted octanol–water partition coefficient (Wildman–Crippen LogP) is 2.59. The van der Waals surface area contributed by atoms with E-state index in [2.05, 4.69) is 25.3 Å². The van der Waals surface area contributed by atoms with Gasteiger partial charge in [0.2, 0.25) is 16.0 Å². The van der Waals surface area contributed by atoms with Crippen LogP contribution < -0.4 is 15.7 Å². The molecule has 12 nitrogen and oxygen atoms in total. The van der Waals surface area contributed by atoms with Gasteiger partial charge in [0.1, 0.15) is 18.0 Å². The summed E-state index contributed by atoms with van der Waals surface area (Å²) in [6.45, 7) is 1.04. The number of piperazine rings is 1. The molecule has 0 radical (unpaired) electrons. The molecular formula is C23H20ClFN8O4S. The number of benzene rings is 2. The molecule has 1 saturated heterocycles. The number of carbonyl (C=O) groups excluding carboxylic acids is 1. The molecule has 1 aliphatic heterocycles. The lowest BCUT2D eigenvalue weighted by Gasteiger charge is -2.34. The fraction of sp³-hybridized carbons (Fsp3) is 0.174. The summed E-state index contributed by atoms with van der Waals surface area (Å²) in [4.78, 5) is 30.0. The lowest BCUT2D eigenvalue weighted by atomic mass is 10.2. The van der Waals surface area contributed by atoms with Crippen molar-refractivity contribution in [3.63, 3.8) is 0 Å². The number of nitrogens with zero attached hydrogens (tertiary/aromatic N) is 6. The highest BCUT2D eigenvalue weighted by Gasteiger charge is 2.30. The Labute approximate surface area is 221 Å². The van der Waals surface area contributed by atoms with Gasteiger partial charge in [-0.2, -0.15) is 4.31 Å². The summed E-state index contributed by atoms with van der Waals surface area (Å²) in [6, 6.07) is 8.70. The second-order valence-electron chi connectivity index (χ2n) is 8.26. The molecule has 0 atom stereocenters. The Bertz CT molecular complexity index is 1620. The van der Waals surface area contributed by atoms with E-state index in [0.29, 0.717) is 41.4 Å². The van der Waals surface area contributed by atoms with Crippen molar-refractivity contribution in [3.05, 3.63) is 71.5 Å². The molecular weight excluding hydrogens is 539 g/mol. The Hall–Kier alpha value is -3.98. The van der Waals surface area contributed by atoms with Gasteiger partial charge in [-0.1, -0.05) is 11.6 Å². The van der Waals surface area contributed by atoms with Gasteiger partial charge in [-0.05, 0) is 36.4 Å². The average molecular weight is 559 g/mol. The Morgan fingerprint density at radius 1 is 1.00 bits per heavy atom. The summed E-state index contributed by atoms with van der Waals surface area (Å²) >= 11 is 5.88. The van der Waals surface area contributed by atoms with Crippen LogP contribution in [0.2, 0.25) is 5.02 Å². The Morgan fingerprint density at radius 2 is 1.74 bits per heavy atom. The third-order valence-electron chi connectivity index (χ3n) is 5.95. The molecule has 196 valence electrons. The van der Waals surface area contributed by atoms with Crippen molar-refractivity contribution in [1.82, 2.24) is 29.7 Å². The highest BCUT2D eigenvalue weighted by Crippen LogP contribution is 2.29. The van der Waals surface area contributed by atoms with Gasteiger partial charge in [-0.25, -0.2) is 38.2 Å². The first-order valence-corrected chi connectivity index (χ1v) is 13.1. The van der Waals surface area contributed by atoms with Crippen LogP contribution in [0, 0.1) is 5.82 Å². The molecule has 0 saturated carbocycles. The van der Waals surface area contributed by atoms with Crippen LogP contribution in [0.1, 0.15) is 10.4 Å². The fourth-order valence-electron chi connectivity index (χ4n) is 3.95. The topological polar surface area (TPSA) is 154 Å². The zero-order valence-electron chi connectivity index (χ0n) is 19.5. The van der Waals surface area contributed by atoms with Crippen LogP contribution >= 0.6 is 11.6 Å². The monoisotopic (exact) mass is 558 g/mol. The number of amides is 1. The van der Waals surface area contributed by atoms with E-state index in [1.807, 2.05) is 0 Å². The van der Waals surface area contributed by atoms with Crippen LogP contribution in [0.3, 0.4) is 0 Å². The van der Waals surface area contributed by atoms with Crippen LogP contribution in [0.15, 0.2) is 60.0 Å². The fourth-order valence-corrected chi connectivity index (χ4v) is 5.58. The minimum absolute atomic E-state index is 0.0622. The molecule has 1 fully saturated rings. The number of fused-ring (bicyclic) bond motifs is 1. The number of anilines is 3. The van der Waals surface area contributed by atoms with Crippen LogP contribution in [0.4, 0.5) is 21.8 Å². The van der Waals surface area contributed by atoms with Crippen molar-refractivity contribution in [2.24, 2.45) is 0 Å². The van der Waals surface area contributed by atoms with Gasteiger partial charge in [0, 0.05) is 49.6 Å². The Balaban J connectivity index is 1.34. The second kappa shape index (κ2) is 10.4. The third-order valence-corrected chi connectivity index (χ3v) is 8.13. The van der Waals surface area contributed by atoms with Gasteiger partial charge in [-0.3, -0.25) is 10.0 Å². The molecule has 1 amide bonds. The molecule has 38 heavy (non-hydrogen) atoms. The average Bonchev–Trinajstić information content (AvgIpc) is 2.94. The molecule has 0 bridgehead atoms. The molecule has 5 rings (SSSR count). The largest absolute Gasteiger partial charge is 0.340 e. The van der Waals surface area contributed by atoms with Gasteiger partial charge in [-0.15, -0.1) is 0 Å². The van der Waals surface area contributed by atoms with Gasteiger partial charge in [0.15, 0.2) is 0 Å². The maximum atomic E-state index is 13.5. The molecule has 15 heteroatoms. The lowest BCUT2D eigenvalue weighted by Crippen LogP contribution is -2.49. The first-order valence-electron chi connectivity index (χ1n) is 11.2. The van der Waals surface area contributed by atoms with Crippen molar-refractivity contribution in [2.45, 2.75) is 4.90 Å². The molecule has 3 heterocycles. The van der Waals surface area contributed by atoms with Crippen molar-refractivity contribution in [2.75, 3.05) is 36.4 Å². The number of hydroxylamine groups is 1. The smallest absolute Gasteiger partial charge is 0.277 e. The van der Waals surface area contributed by atoms with Crippen LogP contribution in [-0.2, 0) is 10.0 Å². The standard InChI is InChI=1S/C23H20ClFN8O4S/c24-18-9-15(1-3-19(18)25)30-21-17-10-16(2-4-20(17)28-13-29-21)38(36,37)33-7-5-32(6-8-33)23-26-11-14(12-27-23)22(34)31-35/h1-4,9-13,35H,5-8H2,(H,31,34)(H,28,29,30). The third kappa shape index (κ3) is 5.06. The van der Waals surface area contributed by atoms with Gasteiger partial charge in [0.05, 0.1) is 21.0 Å². The number of hydrogen-bond acceptors (Lipinski definition) is 10. The number of sulfonamides is 1. The maximum Gasteiger partial charge on any atom is 0.277 e. The first-order chi connectivity index (χ1) is 18.3. The van der Waals surface area contributed by atoms with Crippen LogP contribution in [-0.4, -0.2) is 70.0 Å². The van der Waals surface area contributed by atoms with E-state index in [1.54, 1.807) is 11.0 Å². The van der Waals surface area contributed by atoms with Crippen molar-refractivity contribution in [1.29, 1.82) is 0 Å². The summed E-state index contributed by atoms with van der Waals surface area (Å²) in [6.07, 6.45) is 3.90. The van der Waals surface area contributed by atoms with E-state index in [-0.39, 0.29) is 28.6 Å². The molecule has 0 aliphatic carbocycles. The lowest BCUT2D eigenvalue weighted by molar-refractivity contribution is 0.0705. The number of nitrogens with one attached hydrogen (secondary N) is 2. The van der Waals surface area contributed by atoms with Crippen LogP contribution in [0.5, 0.6) is 0 Å². The first kappa shape index (κ1) is 25.7. The van der Waals surface area contributed by atoms with E-state index in [1.165, 1.54) is 58.8 Å². The zero-order valence-corrected chi connectivity index (χ0v) is 21.1. The van der Waals surface area contributed by atoms with E-state index in [4.69, 9.17) is 16.8 Å². The summed E-state index contributed by atoms with van der Waals surface area (Å²) in [5.74, 6) is -0.602. The highest BCUT2D eigenvalue weighted by molar-refractivity contribution is 7.89. The SMILES string of the molecule is O=C(NO)c1cnc(N2CCN(S(=O)(=O)c3ccc4ncnc(Nc5ccc(F)c(Cl)c5)c4c3)CC2)nc1. The minimum Gasteiger partial charge on any atom is -0.340 e. The Morgan fingerprint density at radius 3 is 2.42 bits per heavy atom. The molecule has 2 aromatic heterocycles. The molecule has 1 aliphatic rings. The molecule has 0 unspecified atom stereocenters. The molecule has 0 spiro atoms. The van der Waals surface area contributed by atoms with Crippen LogP contribution in [0.25, 0.3) is 10.9 Å². The molecule has 2 aromatic carbocycles. The number of aromatic nitrogens is 4. The van der Waals surface area contributed by atoms with Crippen molar-refractivity contribution in [3.8, 4) is 0 Å². The number of rotatable bonds is 6. The number of hydrogen-bond donors (Lipinski definition) is 3. The molecule has 4 aromatic rings. The summed E-state index contributed by atoms with van der Waals surface area (Å²) < 4.78 is 41.8. The second-order valence-corrected chi connectivity index (χ2v) is 10.6. The predicted molar refractivity (Wildman–Crippen MR) is 136 cm³/mol. The summed E-state index contributed by atoms with van der Waals surface area (Å²) in [5.41, 5.74) is 2.61. The summed E-state index contributed by atoms with van der Waals surface area (Å²) in [5, 5.41) is 12.2. The quantitative estimate of drug-likeness (QED) is 0.238. The van der Waals surface area contributed by atoms with Crippen molar-refractivity contribution >= 4 is 55.9 Å².